The Labute approximate surface area is 179 Å². The molecule has 8 heteroatoms. The van der Waals surface area contributed by atoms with Crippen LogP contribution >= 0.6 is 0 Å². The largest absolute Gasteiger partial charge is 0.493 e. The van der Waals surface area contributed by atoms with E-state index in [9.17, 15) is 9.90 Å². The standard InChI is InChI=1S/C23H24O8/c1-23(25)13-8-16-15(30-10-31-16)7-12(13)19(20-14(23)9-29-22(20)24)11-5-17(26-2)21(28-4)18(6-11)27-3/h5-8,14,19-20,25H,9-10H2,1-4H3/t14-,19+,20-,23-/m0/s1. The molecule has 3 aliphatic rings. The van der Waals surface area contributed by atoms with Crippen molar-refractivity contribution in [1.29, 1.82) is 0 Å². The first kappa shape index (κ1) is 19.8. The minimum Gasteiger partial charge on any atom is -0.493 e. The zero-order valence-corrected chi connectivity index (χ0v) is 17.8. The van der Waals surface area contributed by atoms with Gasteiger partial charge in [0.15, 0.2) is 23.0 Å². The number of esters is 1. The number of ether oxygens (including phenoxy) is 6. The van der Waals surface area contributed by atoms with Crippen LogP contribution in [-0.2, 0) is 15.1 Å². The van der Waals surface area contributed by atoms with Crippen LogP contribution in [0.4, 0.5) is 0 Å². The predicted octanol–water partition coefficient (Wildman–Crippen LogP) is 2.58. The number of methoxy groups -OCH3 is 3. The fraction of sp³-hybridized carbons (Fsp3) is 0.435. The number of benzene rings is 2. The van der Waals surface area contributed by atoms with Gasteiger partial charge in [-0.2, -0.15) is 0 Å². The Morgan fingerprint density at radius 3 is 2.23 bits per heavy atom. The average Bonchev–Trinajstić information content (AvgIpc) is 3.39. The van der Waals surface area contributed by atoms with Gasteiger partial charge in [0.2, 0.25) is 12.5 Å². The lowest BCUT2D eigenvalue weighted by atomic mass is 9.61. The van der Waals surface area contributed by atoms with E-state index in [0.717, 1.165) is 11.1 Å². The van der Waals surface area contributed by atoms with Gasteiger partial charge in [-0.15, -0.1) is 0 Å². The fourth-order valence-corrected chi connectivity index (χ4v) is 5.13. The summed E-state index contributed by atoms with van der Waals surface area (Å²) in [6.45, 7) is 1.98. The van der Waals surface area contributed by atoms with E-state index < -0.39 is 23.4 Å². The molecule has 1 aliphatic carbocycles. The van der Waals surface area contributed by atoms with Gasteiger partial charge in [-0.05, 0) is 47.9 Å². The number of aliphatic hydroxyl groups is 1. The molecule has 0 spiro atoms. The number of carbonyl (C=O) groups is 1. The van der Waals surface area contributed by atoms with Crippen LogP contribution in [0.1, 0.15) is 29.5 Å². The van der Waals surface area contributed by atoms with Crippen molar-refractivity contribution < 1.29 is 38.3 Å². The van der Waals surface area contributed by atoms with Crippen LogP contribution in [-0.4, -0.2) is 45.8 Å². The quantitative estimate of drug-likeness (QED) is 0.743. The summed E-state index contributed by atoms with van der Waals surface area (Å²) in [4.78, 5) is 12.9. The molecule has 1 saturated heterocycles. The van der Waals surface area contributed by atoms with Gasteiger partial charge in [-0.1, -0.05) is 0 Å². The number of cyclic esters (lactones) is 1. The molecule has 31 heavy (non-hydrogen) atoms. The summed E-state index contributed by atoms with van der Waals surface area (Å²) in [5, 5.41) is 11.5. The van der Waals surface area contributed by atoms with E-state index in [0.29, 0.717) is 34.3 Å². The first-order valence-corrected chi connectivity index (χ1v) is 10.0. The summed E-state index contributed by atoms with van der Waals surface area (Å²) in [6.07, 6.45) is 0. The minimum absolute atomic E-state index is 0.115. The van der Waals surface area contributed by atoms with Gasteiger partial charge in [-0.3, -0.25) is 4.79 Å². The third-order valence-corrected chi connectivity index (χ3v) is 6.66. The number of hydrogen-bond donors (Lipinski definition) is 1. The van der Waals surface area contributed by atoms with Crippen molar-refractivity contribution >= 4 is 5.97 Å². The Morgan fingerprint density at radius 1 is 0.968 bits per heavy atom. The molecule has 1 fully saturated rings. The average molecular weight is 428 g/mol. The van der Waals surface area contributed by atoms with Crippen LogP contribution in [0, 0.1) is 11.8 Å². The molecule has 8 nitrogen and oxygen atoms in total. The van der Waals surface area contributed by atoms with E-state index in [1.54, 1.807) is 21.1 Å². The van der Waals surface area contributed by atoms with E-state index in [1.807, 2.05) is 24.3 Å². The normalized spacial score (nSPS) is 27.9. The lowest BCUT2D eigenvalue weighted by Gasteiger charge is -2.43. The summed E-state index contributed by atoms with van der Waals surface area (Å²) in [5.41, 5.74) is 0.988. The molecular weight excluding hydrogens is 404 g/mol. The third-order valence-electron chi connectivity index (χ3n) is 6.66. The second-order valence-corrected chi connectivity index (χ2v) is 8.14. The van der Waals surface area contributed by atoms with E-state index in [4.69, 9.17) is 28.4 Å². The molecular formula is C23H24O8. The summed E-state index contributed by atoms with van der Waals surface area (Å²) in [5.74, 6) is 0.850. The van der Waals surface area contributed by atoms with Crippen LogP contribution in [0.2, 0.25) is 0 Å². The van der Waals surface area contributed by atoms with Gasteiger partial charge in [0.1, 0.15) is 0 Å². The maximum atomic E-state index is 12.9. The maximum absolute atomic E-state index is 12.9. The predicted molar refractivity (Wildman–Crippen MR) is 108 cm³/mol. The Hall–Kier alpha value is -3.13. The number of rotatable bonds is 4. The third kappa shape index (κ3) is 2.74. The molecule has 4 atom stereocenters. The van der Waals surface area contributed by atoms with Crippen molar-refractivity contribution in [3.63, 3.8) is 0 Å². The molecule has 2 aromatic rings. The zero-order chi connectivity index (χ0) is 21.9. The molecule has 0 bridgehead atoms. The molecule has 0 aromatic heterocycles. The molecule has 164 valence electrons. The van der Waals surface area contributed by atoms with Crippen LogP contribution in [0.5, 0.6) is 28.7 Å². The highest BCUT2D eigenvalue weighted by Gasteiger charge is 2.57. The molecule has 0 amide bonds. The van der Waals surface area contributed by atoms with E-state index in [1.165, 1.54) is 7.11 Å². The van der Waals surface area contributed by atoms with Gasteiger partial charge >= 0.3 is 5.97 Å². The van der Waals surface area contributed by atoms with Crippen molar-refractivity contribution in [3.8, 4) is 28.7 Å². The highest BCUT2D eigenvalue weighted by molar-refractivity contribution is 5.79. The van der Waals surface area contributed by atoms with Crippen molar-refractivity contribution in [2.24, 2.45) is 11.8 Å². The lowest BCUT2D eigenvalue weighted by Crippen LogP contribution is -2.45. The van der Waals surface area contributed by atoms with Crippen molar-refractivity contribution in [2.75, 3.05) is 34.7 Å². The summed E-state index contributed by atoms with van der Waals surface area (Å²) in [7, 11) is 4.63. The van der Waals surface area contributed by atoms with E-state index in [-0.39, 0.29) is 19.4 Å². The Bertz CT molecular complexity index is 1030. The Morgan fingerprint density at radius 2 is 1.61 bits per heavy atom. The molecule has 2 aromatic carbocycles. The summed E-state index contributed by atoms with van der Waals surface area (Å²) >= 11 is 0. The smallest absolute Gasteiger partial charge is 0.310 e. The van der Waals surface area contributed by atoms with Crippen LogP contribution in [0.15, 0.2) is 24.3 Å². The zero-order valence-electron chi connectivity index (χ0n) is 17.8. The maximum Gasteiger partial charge on any atom is 0.310 e. The topological polar surface area (TPSA) is 92.7 Å². The summed E-state index contributed by atoms with van der Waals surface area (Å²) < 4.78 is 33.1. The van der Waals surface area contributed by atoms with Gasteiger partial charge in [-0.25, -0.2) is 0 Å². The van der Waals surface area contributed by atoms with Crippen LogP contribution < -0.4 is 23.7 Å². The van der Waals surface area contributed by atoms with E-state index in [2.05, 4.69) is 0 Å². The Balaban J connectivity index is 1.77. The highest BCUT2D eigenvalue weighted by Crippen LogP contribution is 2.57. The summed E-state index contributed by atoms with van der Waals surface area (Å²) in [6, 6.07) is 7.33. The molecule has 0 radical (unpaired) electrons. The molecule has 0 unspecified atom stereocenters. The first-order chi connectivity index (χ1) is 14.9. The second kappa shape index (κ2) is 6.95. The fourth-order valence-electron chi connectivity index (χ4n) is 5.13. The molecule has 5 rings (SSSR count). The number of hydrogen-bond acceptors (Lipinski definition) is 8. The van der Waals surface area contributed by atoms with Crippen LogP contribution in [0.25, 0.3) is 0 Å². The first-order valence-electron chi connectivity index (χ1n) is 10.0. The molecule has 1 N–H and O–H groups in total. The number of fused-ring (bicyclic) bond motifs is 3. The van der Waals surface area contributed by atoms with Crippen molar-refractivity contribution in [1.82, 2.24) is 0 Å². The minimum atomic E-state index is -1.27. The number of carbonyl (C=O) groups excluding carboxylic acids is 1. The monoisotopic (exact) mass is 428 g/mol. The van der Waals surface area contributed by atoms with Gasteiger partial charge in [0.05, 0.1) is 39.5 Å². The van der Waals surface area contributed by atoms with Crippen molar-refractivity contribution in [2.45, 2.75) is 18.4 Å². The molecule has 2 aliphatic heterocycles. The van der Waals surface area contributed by atoms with Gasteiger partial charge in [0, 0.05) is 11.8 Å². The lowest BCUT2D eigenvalue weighted by molar-refractivity contribution is -0.142. The molecule has 2 heterocycles. The SMILES string of the molecule is COc1cc([C@@H]2c3cc4c(cc3[C@](C)(O)[C@H]3COC(=O)[C@H]23)OCO4)cc(OC)c1OC. The van der Waals surface area contributed by atoms with Gasteiger partial charge in [0.25, 0.3) is 0 Å². The van der Waals surface area contributed by atoms with Crippen LogP contribution in [0.3, 0.4) is 0 Å². The van der Waals surface area contributed by atoms with Crippen molar-refractivity contribution in [3.05, 3.63) is 41.0 Å². The highest BCUT2D eigenvalue weighted by atomic mass is 16.7. The molecule has 0 saturated carbocycles. The van der Waals surface area contributed by atoms with E-state index >= 15 is 0 Å². The van der Waals surface area contributed by atoms with Gasteiger partial charge < -0.3 is 33.5 Å². The Kier molecular flexibility index (Phi) is 4.44. The second-order valence-electron chi connectivity index (χ2n) is 8.14.